The summed E-state index contributed by atoms with van der Waals surface area (Å²) in [6, 6.07) is 52.8. The molecule has 2 aromatic heterocycles. The molecule has 54 heavy (non-hydrogen) atoms. The van der Waals surface area contributed by atoms with Crippen LogP contribution in [-0.2, 0) is 0 Å². The predicted octanol–water partition coefficient (Wildman–Crippen LogP) is 10.4. The summed E-state index contributed by atoms with van der Waals surface area (Å²) < 4.78 is 26.7. The Bertz CT molecular complexity index is 2310. The quantitative estimate of drug-likeness (QED) is 0.133. The van der Waals surface area contributed by atoms with E-state index in [0.717, 1.165) is 79.2 Å². The highest BCUT2D eigenvalue weighted by atomic mass is 16.5. The van der Waals surface area contributed by atoms with Crippen LogP contribution >= 0.6 is 0 Å². The summed E-state index contributed by atoms with van der Waals surface area (Å²) in [5.74, 6) is 4.47. The SMILES string of the molecule is COc1ccc(-c2nc(-c3ccc(OC)cc3)n(-n3c(-c4ccc(OC)cc4)nc(-c4ccc(OC)cc4)c3-c3ccccc3)c2-c2ccccc2)cc1. The van der Waals surface area contributed by atoms with Crippen LogP contribution in [0.15, 0.2) is 158 Å². The lowest BCUT2D eigenvalue weighted by atomic mass is 10.0. The maximum absolute atomic E-state index is 5.58. The fraction of sp³-hybridized carbons (Fsp3) is 0.0870. The van der Waals surface area contributed by atoms with E-state index in [-0.39, 0.29) is 0 Å². The van der Waals surface area contributed by atoms with Crippen LogP contribution in [0.4, 0.5) is 0 Å². The summed E-state index contributed by atoms with van der Waals surface area (Å²) in [7, 11) is 6.69. The molecule has 0 N–H and O–H groups in total. The number of hydrogen-bond acceptors (Lipinski definition) is 6. The van der Waals surface area contributed by atoms with Crippen molar-refractivity contribution in [3.05, 3.63) is 158 Å². The van der Waals surface area contributed by atoms with E-state index in [1.54, 1.807) is 28.4 Å². The van der Waals surface area contributed by atoms with Gasteiger partial charge in [0.05, 0.1) is 51.2 Å². The summed E-state index contributed by atoms with van der Waals surface area (Å²) in [6.45, 7) is 0. The Balaban J connectivity index is 1.55. The zero-order valence-corrected chi connectivity index (χ0v) is 30.4. The summed E-state index contributed by atoms with van der Waals surface area (Å²) in [5.41, 5.74) is 9.00. The third-order valence-electron chi connectivity index (χ3n) is 9.43. The number of benzene rings is 6. The average Bonchev–Trinajstić information content (AvgIpc) is 3.84. The minimum absolute atomic E-state index is 0.716. The molecule has 0 bridgehead atoms. The molecule has 2 heterocycles. The van der Waals surface area contributed by atoms with Crippen LogP contribution in [0.3, 0.4) is 0 Å². The average molecular weight is 711 g/mol. The highest BCUT2D eigenvalue weighted by Crippen LogP contribution is 2.43. The van der Waals surface area contributed by atoms with E-state index in [0.29, 0.717) is 11.6 Å². The Labute approximate surface area is 314 Å². The van der Waals surface area contributed by atoms with Crippen molar-refractivity contribution < 1.29 is 18.9 Å². The molecule has 0 saturated carbocycles. The van der Waals surface area contributed by atoms with Gasteiger partial charge in [0.15, 0.2) is 11.6 Å². The van der Waals surface area contributed by atoms with Crippen LogP contribution in [0.1, 0.15) is 0 Å². The molecular formula is C46H38N4O4. The zero-order valence-electron chi connectivity index (χ0n) is 30.4. The van der Waals surface area contributed by atoms with Crippen LogP contribution in [0.2, 0.25) is 0 Å². The zero-order chi connectivity index (χ0) is 37.0. The first kappa shape index (κ1) is 34.0. The van der Waals surface area contributed by atoms with Crippen molar-refractivity contribution in [2.45, 2.75) is 0 Å². The number of ether oxygens (including phenoxy) is 4. The van der Waals surface area contributed by atoms with Gasteiger partial charge >= 0.3 is 0 Å². The van der Waals surface area contributed by atoms with Crippen molar-refractivity contribution in [2.75, 3.05) is 28.4 Å². The fourth-order valence-electron chi connectivity index (χ4n) is 6.68. The first-order valence-corrected chi connectivity index (χ1v) is 17.5. The molecule has 8 aromatic rings. The molecule has 0 unspecified atom stereocenters. The van der Waals surface area contributed by atoms with Crippen LogP contribution < -0.4 is 18.9 Å². The van der Waals surface area contributed by atoms with Crippen molar-refractivity contribution in [1.29, 1.82) is 0 Å². The largest absolute Gasteiger partial charge is 0.497 e. The third-order valence-corrected chi connectivity index (χ3v) is 9.43. The summed E-state index contributed by atoms with van der Waals surface area (Å²) in [4.78, 5) is 11.0. The first-order chi connectivity index (χ1) is 26.6. The molecule has 0 radical (unpaired) electrons. The van der Waals surface area contributed by atoms with E-state index in [2.05, 4.69) is 82.1 Å². The lowest BCUT2D eigenvalue weighted by Gasteiger charge is -2.20. The molecule has 0 atom stereocenters. The van der Waals surface area contributed by atoms with Crippen molar-refractivity contribution in [3.63, 3.8) is 0 Å². The van der Waals surface area contributed by atoms with Crippen molar-refractivity contribution in [1.82, 2.24) is 19.3 Å². The van der Waals surface area contributed by atoms with Crippen molar-refractivity contribution in [3.8, 4) is 90.8 Å². The highest BCUT2D eigenvalue weighted by Gasteiger charge is 2.29. The molecule has 8 heteroatoms. The molecule has 0 aliphatic carbocycles. The van der Waals surface area contributed by atoms with Gasteiger partial charge in [-0.25, -0.2) is 19.3 Å². The topological polar surface area (TPSA) is 72.6 Å². The molecule has 0 amide bonds. The van der Waals surface area contributed by atoms with E-state index >= 15 is 0 Å². The molecule has 8 rings (SSSR count). The van der Waals surface area contributed by atoms with Gasteiger partial charge in [0.2, 0.25) is 0 Å². The summed E-state index contributed by atoms with van der Waals surface area (Å²) in [5, 5.41) is 0. The monoisotopic (exact) mass is 710 g/mol. The fourth-order valence-corrected chi connectivity index (χ4v) is 6.68. The molecule has 6 aromatic carbocycles. The summed E-state index contributed by atoms with van der Waals surface area (Å²) >= 11 is 0. The molecule has 0 fully saturated rings. The smallest absolute Gasteiger partial charge is 0.160 e. The Morgan fingerprint density at radius 1 is 0.315 bits per heavy atom. The highest BCUT2D eigenvalue weighted by molar-refractivity contribution is 5.86. The number of rotatable bonds is 11. The Kier molecular flexibility index (Phi) is 9.39. The van der Waals surface area contributed by atoms with Gasteiger partial charge in [-0.05, 0) is 97.1 Å². The van der Waals surface area contributed by atoms with Gasteiger partial charge in [-0.2, -0.15) is 0 Å². The van der Waals surface area contributed by atoms with Gasteiger partial charge in [-0.1, -0.05) is 60.7 Å². The first-order valence-electron chi connectivity index (χ1n) is 17.5. The molecule has 0 aliphatic rings. The lowest BCUT2D eigenvalue weighted by molar-refractivity contribution is 0.414. The summed E-state index contributed by atoms with van der Waals surface area (Å²) in [6.07, 6.45) is 0. The Morgan fingerprint density at radius 3 is 0.870 bits per heavy atom. The van der Waals surface area contributed by atoms with Crippen LogP contribution in [0, 0.1) is 0 Å². The van der Waals surface area contributed by atoms with E-state index in [9.17, 15) is 0 Å². The molecule has 0 aliphatic heterocycles. The van der Waals surface area contributed by atoms with E-state index in [4.69, 9.17) is 28.9 Å². The minimum Gasteiger partial charge on any atom is -0.497 e. The van der Waals surface area contributed by atoms with E-state index in [1.165, 1.54) is 0 Å². The van der Waals surface area contributed by atoms with Gasteiger partial charge < -0.3 is 18.9 Å². The number of aromatic nitrogens is 4. The number of methoxy groups -OCH3 is 4. The third kappa shape index (κ3) is 6.34. The normalized spacial score (nSPS) is 11.0. The predicted molar refractivity (Wildman–Crippen MR) is 214 cm³/mol. The van der Waals surface area contributed by atoms with Crippen molar-refractivity contribution >= 4 is 0 Å². The molecular weight excluding hydrogens is 673 g/mol. The van der Waals surface area contributed by atoms with E-state index < -0.39 is 0 Å². The van der Waals surface area contributed by atoms with Gasteiger partial charge in [0.1, 0.15) is 23.0 Å². The van der Waals surface area contributed by atoms with Gasteiger partial charge in [-0.15, -0.1) is 0 Å². The second-order valence-electron chi connectivity index (χ2n) is 12.5. The standard InChI is InChI=1S/C46H38N4O4/c1-51-37-23-15-31(16-24-37)41-43(33-11-7-5-8-12-33)49(45(47-41)35-19-27-39(53-3)28-20-35)50-44(34-13-9-6-10-14-34)42(32-17-25-38(52-2)26-18-32)48-46(50)36-21-29-40(54-4)30-22-36/h5-30H,1-4H3. The molecule has 266 valence electrons. The van der Waals surface area contributed by atoms with Gasteiger partial charge in [0.25, 0.3) is 0 Å². The molecule has 0 spiro atoms. The Morgan fingerprint density at radius 2 is 0.593 bits per heavy atom. The number of hydrogen-bond donors (Lipinski definition) is 0. The second-order valence-corrected chi connectivity index (χ2v) is 12.5. The maximum Gasteiger partial charge on any atom is 0.160 e. The van der Waals surface area contributed by atoms with Gasteiger partial charge in [0, 0.05) is 33.4 Å². The molecule has 8 nitrogen and oxygen atoms in total. The minimum atomic E-state index is 0.716. The van der Waals surface area contributed by atoms with Crippen LogP contribution in [-0.4, -0.2) is 47.8 Å². The second kappa shape index (κ2) is 14.9. The number of imidazole rings is 2. The van der Waals surface area contributed by atoms with Crippen molar-refractivity contribution in [2.24, 2.45) is 0 Å². The van der Waals surface area contributed by atoms with E-state index in [1.807, 2.05) is 84.9 Å². The Hall–Kier alpha value is -7.06. The maximum atomic E-state index is 5.58. The number of nitrogens with zero attached hydrogens (tertiary/aromatic N) is 4. The van der Waals surface area contributed by atoms with Crippen LogP contribution in [0.25, 0.3) is 67.8 Å². The van der Waals surface area contributed by atoms with Gasteiger partial charge in [-0.3, -0.25) is 0 Å². The molecule has 0 saturated heterocycles. The lowest BCUT2D eigenvalue weighted by Crippen LogP contribution is -2.16. The van der Waals surface area contributed by atoms with Crippen LogP contribution in [0.5, 0.6) is 23.0 Å².